The molecule has 1 heterocycles. The number of hydrogen-bond acceptors (Lipinski definition) is 4. The van der Waals surface area contributed by atoms with Crippen LogP contribution < -0.4 is 11.1 Å². The molecule has 1 aromatic carbocycles. The van der Waals surface area contributed by atoms with E-state index in [1.54, 1.807) is 18.4 Å². The monoisotopic (exact) mass is 346 g/mol. The van der Waals surface area contributed by atoms with Gasteiger partial charge in [0.05, 0.1) is 23.2 Å². The number of primary amides is 1. The maximum atomic E-state index is 11.7. The molecule has 2 aromatic rings. The topological polar surface area (TPSA) is 93.2 Å². The van der Waals surface area contributed by atoms with Crippen LogP contribution in [0.4, 0.5) is 0 Å². The van der Waals surface area contributed by atoms with Crippen LogP contribution in [0.25, 0.3) is 11.0 Å². The fourth-order valence-electron chi connectivity index (χ4n) is 2.60. The van der Waals surface area contributed by atoms with Gasteiger partial charge >= 0.3 is 0 Å². The minimum atomic E-state index is -0.972. The molecule has 1 unspecified atom stereocenters. The van der Waals surface area contributed by atoms with Crippen LogP contribution in [-0.2, 0) is 13.1 Å². The summed E-state index contributed by atoms with van der Waals surface area (Å²) in [7, 11) is 0. The van der Waals surface area contributed by atoms with Crippen LogP contribution in [0.15, 0.2) is 18.2 Å². The van der Waals surface area contributed by atoms with Gasteiger partial charge < -0.3 is 20.7 Å². The van der Waals surface area contributed by atoms with E-state index in [0.29, 0.717) is 11.6 Å². The third kappa shape index (κ3) is 4.80. The molecule has 25 heavy (non-hydrogen) atoms. The predicted molar refractivity (Wildman–Crippen MR) is 100 cm³/mol. The average molecular weight is 346 g/mol. The lowest BCUT2D eigenvalue weighted by atomic mass is 9.88. The Kier molecular flexibility index (Phi) is 5.25. The van der Waals surface area contributed by atoms with Gasteiger partial charge in [-0.3, -0.25) is 4.79 Å². The van der Waals surface area contributed by atoms with E-state index in [1.807, 2.05) is 18.2 Å². The van der Waals surface area contributed by atoms with Crippen LogP contribution in [0.5, 0.6) is 0 Å². The van der Waals surface area contributed by atoms with Gasteiger partial charge in [-0.1, -0.05) is 26.8 Å². The summed E-state index contributed by atoms with van der Waals surface area (Å²) in [6.45, 7) is 13.1. The van der Waals surface area contributed by atoms with Gasteiger partial charge in [-0.25, -0.2) is 4.98 Å². The molecule has 138 valence electrons. The molecule has 0 aliphatic carbocycles. The fourth-order valence-corrected chi connectivity index (χ4v) is 2.60. The normalized spacial score (nSPS) is 14.0. The average Bonchev–Trinajstić information content (AvgIpc) is 2.80. The molecule has 6 heteroatoms. The number of aliphatic hydroxyl groups is 1. The van der Waals surface area contributed by atoms with Crippen molar-refractivity contribution in [1.82, 2.24) is 14.9 Å². The number of carbonyl (C=O) groups excluding carboxylic acids is 1. The van der Waals surface area contributed by atoms with E-state index in [-0.39, 0.29) is 17.8 Å². The molecule has 6 nitrogen and oxygen atoms in total. The van der Waals surface area contributed by atoms with Gasteiger partial charge in [0.1, 0.15) is 0 Å². The van der Waals surface area contributed by atoms with Crippen LogP contribution in [0.1, 0.15) is 57.7 Å². The highest BCUT2D eigenvalue weighted by Gasteiger charge is 2.22. The molecule has 1 amide bonds. The third-order valence-corrected chi connectivity index (χ3v) is 4.49. The number of benzene rings is 1. The van der Waals surface area contributed by atoms with Gasteiger partial charge in [-0.2, -0.15) is 0 Å². The Labute approximate surface area is 149 Å². The summed E-state index contributed by atoms with van der Waals surface area (Å²) < 4.78 is 1.69. The van der Waals surface area contributed by atoms with Gasteiger partial charge in [0.2, 0.25) is 0 Å². The molecule has 0 radical (unpaired) electrons. The molecule has 4 N–H and O–H groups in total. The van der Waals surface area contributed by atoms with E-state index < -0.39 is 11.5 Å². The zero-order valence-corrected chi connectivity index (χ0v) is 16.1. The lowest BCUT2D eigenvalue weighted by molar-refractivity contribution is 0.0614. The number of carbonyl (C=O) groups is 1. The van der Waals surface area contributed by atoms with Gasteiger partial charge in [0, 0.05) is 12.6 Å². The van der Waals surface area contributed by atoms with Crippen molar-refractivity contribution in [1.29, 1.82) is 0 Å². The smallest absolute Gasteiger partial charge is 0.284 e. The number of fused-ring (bicyclic) bond motifs is 1. The molecule has 0 aliphatic heterocycles. The Balaban J connectivity index is 2.33. The third-order valence-electron chi connectivity index (χ3n) is 4.49. The molecule has 0 fully saturated rings. The van der Waals surface area contributed by atoms with Crippen molar-refractivity contribution in [2.75, 3.05) is 0 Å². The van der Waals surface area contributed by atoms with E-state index in [2.05, 4.69) is 38.0 Å². The first kappa shape index (κ1) is 19.4. The lowest BCUT2D eigenvalue weighted by Crippen LogP contribution is -2.37. The SMILES string of the molecule is CC(NCc1ccc2c(c1)nc(C(N)=O)n2CC(C)(C)O)C(C)(C)C. The molecule has 2 rings (SSSR count). The highest BCUT2D eigenvalue weighted by atomic mass is 16.3. The Hall–Kier alpha value is -1.92. The van der Waals surface area contributed by atoms with Crippen molar-refractivity contribution < 1.29 is 9.90 Å². The molecule has 1 aromatic heterocycles. The van der Waals surface area contributed by atoms with E-state index >= 15 is 0 Å². The highest BCUT2D eigenvalue weighted by molar-refractivity contribution is 5.93. The van der Waals surface area contributed by atoms with Crippen molar-refractivity contribution in [2.24, 2.45) is 11.1 Å². The Bertz CT molecular complexity index is 766. The van der Waals surface area contributed by atoms with Crippen LogP contribution in [0.2, 0.25) is 0 Å². The van der Waals surface area contributed by atoms with E-state index in [9.17, 15) is 9.90 Å². The molecular formula is C19H30N4O2. The Morgan fingerprint density at radius 1 is 1.32 bits per heavy atom. The quantitative estimate of drug-likeness (QED) is 0.749. The number of nitrogens with zero attached hydrogens (tertiary/aromatic N) is 2. The molecule has 1 atom stereocenters. The molecule has 0 saturated carbocycles. The summed E-state index contributed by atoms with van der Waals surface area (Å²) in [6, 6.07) is 6.26. The van der Waals surface area contributed by atoms with Gasteiger partial charge in [-0.15, -0.1) is 0 Å². The maximum absolute atomic E-state index is 11.7. The number of hydrogen-bond donors (Lipinski definition) is 3. The lowest BCUT2D eigenvalue weighted by Gasteiger charge is -2.28. The summed E-state index contributed by atoms with van der Waals surface area (Å²) in [5, 5.41) is 13.6. The summed E-state index contributed by atoms with van der Waals surface area (Å²) in [6.07, 6.45) is 0. The second-order valence-corrected chi connectivity index (χ2v) is 8.49. The zero-order chi connectivity index (χ0) is 19.0. The zero-order valence-electron chi connectivity index (χ0n) is 16.1. The first-order chi connectivity index (χ1) is 11.4. The summed E-state index contributed by atoms with van der Waals surface area (Å²) in [5.74, 6) is -0.424. The molecule has 0 bridgehead atoms. The number of nitrogens with two attached hydrogens (primary N) is 1. The molecular weight excluding hydrogens is 316 g/mol. The minimum absolute atomic E-state index is 0.172. The van der Waals surface area contributed by atoms with Crippen LogP contribution in [-0.4, -0.2) is 32.2 Å². The summed E-state index contributed by atoms with van der Waals surface area (Å²) in [4.78, 5) is 16.1. The predicted octanol–water partition coefficient (Wildman–Crippen LogP) is 2.43. The number of amides is 1. The van der Waals surface area contributed by atoms with Crippen molar-refractivity contribution >= 4 is 16.9 Å². The number of rotatable bonds is 6. The Morgan fingerprint density at radius 2 is 1.96 bits per heavy atom. The van der Waals surface area contributed by atoms with Crippen LogP contribution >= 0.6 is 0 Å². The van der Waals surface area contributed by atoms with E-state index in [1.165, 1.54) is 0 Å². The first-order valence-corrected chi connectivity index (χ1v) is 8.63. The number of aromatic nitrogens is 2. The second kappa shape index (κ2) is 6.77. The van der Waals surface area contributed by atoms with E-state index in [0.717, 1.165) is 17.6 Å². The van der Waals surface area contributed by atoms with Crippen molar-refractivity contribution in [3.8, 4) is 0 Å². The van der Waals surface area contributed by atoms with Crippen LogP contribution in [0, 0.1) is 5.41 Å². The maximum Gasteiger partial charge on any atom is 0.284 e. The summed E-state index contributed by atoms with van der Waals surface area (Å²) in [5.41, 5.74) is 7.27. The molecule has 0 aliphatic rings. The summed E-state index contributed by atoms with van der Waals surface area (Å²) >= 11 is 0. The number of imidazole rings is 1. The van der Waals surface area contributed by atoms with Gasteiger partial charge in [0.15, 0.2) is 5.82 Å². The fraction of sp³-hybridized carbons (Fsp3) is 0.579. The van der Waals surface area contributed by atoms with E-state index in [4.69, 9.17) is 5.73 Å². The molecule has 0 spiro atoms. The van der Waals surface area contributed by atoms with Gasteiger partial charge in [0.25, 0.3) is 5.91 Å². The Morgan fingerprint density at radius 3 is 2.48 bits per heavy atom. The standard InChI is InChI=1S/C19H30N4O2/c1-12(18(2,3)4)21-10-13-7-8-15-14(9-13)22-17(16(20)24)23(15)11-19(5,6)25/h7-9,12,21,25H,10-11H2,1-6H3,(H2,20,24). The minimum Gasteiger partial charge on any atom is -0.389 e. The van der Waals surface area contributed by atoms with Crippen molar-refractivity contribution in [2.45, 2.75) is 66.3 Å². The number of nitrogens with one attached hydrogen (secondary N) is 1. The van der Waals surface area contributed by atoms with Crippen LogP contribution in [0.3, 0.4) is 0 Å². The molecule has 0 saturated heterocycles. The van der Waals surface area contributed by atoms with Crippen molar-refractivity contribution in [3.05, 3.63) is 29.6 Å². The first-order valence-electron chi connectivity index (χ1n) is 8.63. The largest absolute Gasteiger partial charge is 0.389 e. The highest BCUT2D eigenvalue weighted by Crippen LogP contribution is 2.22. The second-order valence-electron chi connectivity index (χ2n) is 8.49. The van der Waals surface area contributed by atoms with Gasteiger partial charge in [-0.05, 0) is 43.9 Å². The van der Waals surface area contributed by atoms with Crippen molar-refractivity contribution in [3.63, 3.8) is 0 Å².